The van der Waals surface area contributed by atoms with Gasteiger partial charge in [0.2, 0.25) is 5.78 Å². The van der Waals surface area contributed by atoms with E-state index in [0.29, 0.717) is 5.56 Å². The van der Waals surface area contributed by atoms with Crippen LogP contribution in [-0.4, -0.2) is 28.9 Å². The number of hydrogen-bond acceptors (Lipinski definition) is 5. The predicted molar refractivity (Wildman–Crippen MR) is 61.7 cm³/mol. The van der Waals surface area contributed by atoms with Crippen molar-refractivity contribution >= 4 is 11.6 Å². The number of ketones is 2. The summed E-state index contributed by atoms with van der Waals surface area (Å²) in [5.41, 5.74) is 0.916. The number of carbonyl (C=O) groups excluding carboxylic acids is 2. The van der Waals surface area contributed by atoms with E-state index in [9.17, 15) is 14.7 Å². The van der Waals surface area contributed by atoms with E-state index in [1.165, 1.54) is 6.08 Å². The summed E-state index contributed by atoms with van der Waals surface area (Å²) in [6.07, 6.45) is 0.110. The number of phenolic OH excluding ortho intramolecular Hbond substituents is 1. The number of para-hydroxylation sites is 1. The second kappa shape index (κ2) is 3.96. The van der Waals surface area contributed by atoms with Crippen LogP contribution in [0.15, 0.2) is 36.0 Å². The third kappa shape index (κ3) is 1.78. The first-order chi connectivity index (χ1) is 8.66. The molecule has 5 heteroatoms. The van der Waals surface area contributed by atoms with Crippen molar-refractivity contribution in [3.05, 3.63) is 41.6 Å². The third-order valence-corrected chi connectivity index (χ3v) is 3.04. The van der Waals surface area contributed by atoms with Gasteiger partial charge in [-0.1, -0.05) is 18.2 Å². The van der Waals surface area contributed by atoms with Crippen LogP contribution >= 0.6 is 0 Å². The Morgan fingerprint density at radius 1 is 1.22 bits per heavy atom. The summed E-state index contributed by atoms with van der Waals surface area (Å²) >= 11 is 0. The first-order valence-electron chi connectivity index (χ1n) is 5.63. The van der Waals surface area contributed by atoms with E-state index in [4.69, 9.17) is 4.74 Å². The number of aromatic hydroxyl groups is 1. The molecule has 0 aromatic heterocycles. The van der Waals surface area contributed by atoms with Gasteiger partial charge in [-0.25, -0.2) is 0 Å². The molecular formula is C13H11NO4. The quantitative estimate of drug-likeness (QED) is 0.748. The van der Waals surface area contributed by atoms with Gasteiger partial charge in [0.05, 0.1) is 5.70 Å². The molecule has 1 aromatic rings. The Morgan fingerprint density at radius 3 is 2.78 bits per heavy atom. The monoisotopic (exact) mass is 245 g/mol. The van der Waals surface area contributed by atoms with E-state index in [1.54, 1.807) is 24.3 Å². The van der Waals surface area contributed by atoms with Crippen molar-refractivity contribution in [2.75, 3.05) is 0 Å². The minimum absolute atomic E-state index is 0.153. The number of epoxide rings is 1. The lowest BCUT2D eigenvalue weighted by Gasteiger charge is -2.11. The van der Waals surface area contributed by atoms with Crippen molar-refractivity contribution in [3.8, 4) is 5.75 Å². The molecule has 1 heterocycles. The molecule has 2 N–H and O–H groups in total. The molecule has 0 amide bonds. The molecule has 1 saturated heterocycles. The lowest BCUT2D eigenvalue weighted by molar-refractivity contribution is -0.120. The van der Waals surface area contributed by atoms with Gasteiger partial charge in [0.25, 0.3) is 0 Å². The van der Waals surface area contributed by atoms with E-state index in [0.717, 1.165) is 0 Å². The average molecular weight is 245 g/mol. The van der Waals surface area contributed by atoms with E-state index in [-0.39, 0.29) is 29.6 Å². The number of rotatable bonds is 3. The standard InChI is InChI=1S/C13H11NO4/c15-9-4-2-1-3-7(9)6-14-8-5-10(16)12-13(18-12)11(8)17/h1-5,12-15H,6H2/t12-,13+/m1/s1. The highest BCUT2D eigenvalue weighted by molar-refractivity contribution is 6.15. The van der Waals surface area contributed by atoms with Crippen LogP contribution < -0.4 is 5.32 Å². The first-order valence-corrected chi connectivity index (χ1v) is 5.63. The number of nitrogens with one attached hydrogen (secondary N) is 1. The number of phenols is 1. The highest BCUT2D eigenvalue weighted by atomic mass is 16.6. The third-order valence-electron chi connectivity index (χ3n) is 3.04. The fourth-order valence-electron chi connectivity index (χ4n) is 1.97. The van der Waals surface area contributed by atoms with Gasteiger partial charge in [-0.3, -0.25) is 9.59 Å². The summed E-state index contributed by atoms with van der Waals surface area (Å²) in [6.45, 7) is 0.287. The predicted octanol–water partition coefficient (Wildman–Crippen LogP) is 0.285. The van der Waals surface area contributed by atoms with Crippen molar-refractivity contribution in [2.24, 2.45) is 0 Å². The summed E-state index contributed by atoms with van der Waals surface area (Å²) in [6, 6.07) is 6.82. The zero-order chi connectivity index (χ0) is 12.7. The van der Waals surface area contributed by atoms with E-state index < -0.39 is 12.2 Å². The molecule has 2 atom stereocenters. The van der Waals surface area contributed by atoms with Gasteiger partial charge in [-0.2, -0.15) is 0 Å². The normalized spacial score (nSPS) is 25.4. The number of benzene rings is 1. The number of Topliss-reactive ketones (excluding diaryl/α,β-unsaturated/α-hetero) is 1. The van der Waals surface area contributed by atoms with Crippen LogP contribution in [0.3, 0.4) is 0 Å². The van der Waals surface area contributed by atoms with Crippen molar-refractivity contribution in [1.29, 1.82) is 0 Å². The minimum Gasteiger partial charge on any atom is -0.508 e. The van der Waals surface area contributed by atoms with Crippen LogP contribution in [0.4, 0.5) is 0 Å². The first kappa shape index (κ1) is 11.0. The highest BCUT2D eigenvalue weighted by Crippen LogP contribution is 2.30. The summed E-state index contributed by atoms with van der Waals surface area (Å²) in [5, 5.41) is 12.4. The molecule has 92 valence electrons. The molecule has 18 heavy (non-hydrogen) atoms. The van der Waals surface area contributed by atoms with E-state index in [1.807, 2.05) is 0 Å². The lowest BCUT2D eigenvalue weighted by Crippen LogP contribution is -2.30. The molecule has 0 spiro atoms. The van der Waals surface area contributed by atoms with Crippen molar-refractivity contribution < 1.29 is 19.4 Å². The van der Waals surface area contributed by atoms with E-state index >= 15 is 0 Å². The number of carbonyl (C=O) groups is 2. The molecule has 1 aliphatic carbocycles. The van der Waals surface area contributed by atoms with Gasteiger partial charge in [0.1, 0.15) is 5.75 Å². The smallest absolute Gasteiger partial charge is 0.210 e. The number of hydrogen-bond donors (Lipinski definition) is 2. The summed E-state index contributed by atoms with van der Waals surface area (Å²) < 4.78 is 4.97. The Morgan fingerprint density at radius 2 is 2.00 bits per heavy atom. The Kier molecular flexibility index (Phi) is 2.41. The van der Waals surface area contributed by atoms with Crippen LogP contribution in [0.1, 0.15) is 5.56 Å². The second-order valence-corrected chi connectivity index (χ2v) is 4.28. The SMILES string of the molecule is O=C1C=C(NCc2ccccc2O)C(=O)[C@@H]2O[C@H]12. The van der Waals surface area contributed by atoms with Gasteiger partial charge >= 0.3 is 0 Å². The Labute approximate surface area is 103 Å². The average Bonchev–Trinajstić information content (AvgIpc) is 3.14. The largest absolute Gasteiger partial charge is 0.508 e. The molecule has 2 aliphatic rings. The molecular weight excluding hydrogens is 234 g/mol. The summed E-state index contributed by atoms with van der Waals surface area (Å²) in [7, 11) is 0. The molecule has 1 fully saturated rings. The maximum Gasteiger partial charge on any atom is 0.210 e. The van der Waals surface area contributed by atoms with Crippen LogP contribution in [0, 0.1) is 0 Å². The molecule has 0 saturated carbocycles. The molecule has 1 aromatic carbocycles. The second-order valence-electron chi connectivity index (χ2n) is 4.28. The maximum atomic E-state index is 11.7. The Bertz CT molecular complexity index is 564. The van der Waals surface area contributed by atoms with Crippen LogP contribution in [-0.2, 0) is 20.9 Å². The van der Waals surface area contributed by atoms with Crippen molar-refractivity contribution in [2.45, 2.75) is 18.8 Å². The highest BCUT2D eigenvalue weighted by Gasteiger charge is 2.53. The van der Waals surface area contributed by atoms with Crippen LogP contribution in [0.5, 0.6) is 5.75 Å². The zero-order valence-corrected chi connectivity index (χ0v) is 9.42. The zero-order valence-electron chi connectivity index (χ0n) is 9.42. The van der Waals surface area contributed by atoms with Gasteiger partial charge < -0.3 is 15.2 Å². The molecule has 5 nitrogen and oxygen atoms in total. The lowest BCUT2D eigenvalue weighted by atomic mass is 10.0. The molecule has 0 radical (unpaired) electrons. The fraction of sp³-hybridized carbons (Fsp3) is 0.231. The maximum absolute atomic E-state index is 11.7. The molecule has 0 unspecified atom stereocenters. The number of ether oxygens (including phenoxy) is 1. The number of fused-ring (bicyclic) bond motifs is 1. The van der Waals surface area contributed by atoms with Gasteiger partial charge in [-0.05, 0) is 6.07 Å². The molecule has 0 bridgehead atoms. The van der Waals surface area contributed by atoms with Crippen molar-refractivity contribution in [3.63, 3.8) is 0 Å². The van der Waals surface area contributed by atoms with Crippen LogP contribution in [0.2, 0.25) is 0 Å². The van der Waals surface area contributed by atoms with Gasteiger partial charge in [0, 0.05) is 18.2 Å². The summed E-state index contributed by atoms with van der Waals surface area (Å²) in [5.74, 6) is -0.227. The van der Waals surface area contributed by atoms with Crippen molar-refractivity contribution in [1.82, 2.24) is 5.32 Å². The summed E-state index contributed by atoms with van der Waals surface area (Å²) in [4.78, 5) is 23.2. The molecule has 3 rings (SSSR count). The van der Waals surface area contributed by atoms with Gasteiger partial charge in [0.15, 0.2) is 18.0 Å². The minimum atomic E-state index is -0.602. The Balaban J connectivity index is 1.72. The fourth-order valence-corrected chi connectivity index (χ4v) is 1.97. The molecule has 1 aliphatic heterocycles. The van der Waals surface area contributed by atoms with Gasteiger partial charge in [-0.15, -0.1) is 0 Å². The Hall–Kier alpha value is -2.14. The van der Waals surface area contributed by atoms with E-state index in [2.05, 4.69) is 5.32 Å². The topological polar surface area (TPSA) is 78.9 Å². The van der Waals surface area contributed by atoms with Crippen LogP contribution in [0.25, 0.3) is 0 Å².